The first-order valence-corrected chi connectivity index (χ1v) is 6.78. The fraction of sp³-hybridized carbons (Fsp3) is 0.364. The zero-order chi connectivity index (χ0) is 12.0. The molecule has 0 bridgehead atoms. The molecule has 0 saturated heterocycles. The van der Waals surface area contributed by atoms with E-state index >= 15 is 0 Å². The van der Waals surface area contributed by atoms with Gasteiger partial charge in [0.25, 0.3) is 0 Å². The minimum absolute atomic E-state index is 0.171. The standard InChI is InChI=1S/C11H15NO3S/c1-2-3-8-16(14,15)11-6-4-10(5-7-11)12-9-13/h4-7,9H,2-3,8H2,1H3,(H,12,13). The van der Waals surface area contributed by atoms with Crippen LogP contribution in [0.1, 0.15) is 19.8 Å². The van der Waals surface area contributed by atoms with Crippen molar-refractivity contribution in [1.82, 2.24) is 0 Å². The van der Waals surface area contributed by atoms with Gasteiger partial charge in [-0.1, -0.05) is 13.3 Å². The maximum atomic E-state index is 11.8. The second-order valence-electron chi connectivity index (χ2n) is 3.46. The van der Waals surface area contributed by atoms with Crippen LogP contribution in [-0.2, 0) is 14.6 Å². The van der Waals surface area contributed by atoms with Gasteiger partial charge in [-0.15, -0.1) is 0 Å². The highest BCUT2D eigenvalue weighted by Gasteiger charge is 2.12. The van der Waals surface area contributed by atoms with Crippen LogP contribution in [0.5, 0.6) is 0 Å². The molecule has 88 valence electrons. The van der Waals surface area contributed by atoms with Gasteiger partial charge < -0.3 is 5.32 Å². The summed E-state index contributed by atoms with van der Waals surface area (Å²) < 4.78 is 23.5. The summed E-state index contributed by atoms with van der Waals surface area (Å²) in [4.78, 5) is 10.5. The number of hydrogen-bond acceptors (Lipinski definition) is 3. The maximum Gasteiger partial charge on any atom is 0.211 e. The second kappa shape index (κ2) is 5.65. The number of amides is 1. The van der Waals surface area contributed by atoms with E-state index in [9.17, 15) is 13.2 Å². The lowest BCUT2D eigenvalue weighted by Crippen LogP contribution is -2.06. The number of sulfone groups is 1. The third-order valence-electron chi connectivity index (χ3n) is 2.21. The number of benzene rings is 1. The van der Waals surface area contributed by atoms with Crippen LogP contribution in [0.15, 0.2) is 29.2 Å². The predicted molar refractivity (Wildman–Crippen MR) is 63.1 cm³/mol. The summed E-state index contributed by atoms with van der Waals surface area (Å²) >= 11 is 0. The normalized spacial score (nSPS) is 11.1. The molecule has 1 rings (SSSR count). The highest BCUT2D eigenvalue weighted by Crippen LogP contribution is 2.15. The fourth-order valence-corrected chi connectivity index (χ4v) is 2.73. The van der Waals surface area contributed by atoms with E-state index in [0.717, 1.165) is 6.42 Å². The molecular formula is C11H15NO3S. The third kappa shape index (κ3) is 3.34. The number of hydrogen-bond donors (Lipinski definition) is 1. The van der Waals surface area contributed by atoms with Gasteiger partial charge >= 0.3 is 0 Å². The van der Waals surface area contributed by atoms with Crippen LogP contribution in [0.25, 0.3) is 0 Å². The molecule has 0 spiro atoms. The number of anilines is 1. The number of carbonyl (C=O) groups is 1. The molecule has 1 aromatic carbocycles. The minimum Gasteiger partial charge on any atom is -0.329 e. The number of nitrogens with one attached hydrogen (secondary N) is 1. The molecule has 1 amide bonds. The Bertz CT molecular complexity index is 437. The molecule has 0 aromatic heterocycles. The molecule has 0 unspecified atom stereocenters. The zero-order valence-corrected chi connectivity index (χ0v) is 9.96. The molecule has 1 N–H and O–H groups in total. The van der Waals surface area contributed by atoms with Crippen molar-refractivity contribution in [1.29, 1.82) is 0 Å². The van der Waals surface area contributed by atoms with Crippen molar-refractivity contribution in [2.75, 3.05) is 11.1 Å². The van der Waals surface area contributed by atoms with E-state index in [1.807, 2.05) is 6.92 Å². The average molecular weight is 241 g/mol. The van der Waals surface area contributed by atoms with Gasteiger partial charge in [0.15, 0.2) is 9.84 Å². The van der Waals surface area contributed by atoms with Crippen LogP contribution >= 0.6 is 0 Å². The smallest absolute Gasteiger partial charge is 0.211 e. The van der Waals surface area contributed by atoms with E-state index in [0.29, 0.717) is 23.4 Å². The Morgan fingerprint density at radius 2 is 1.88 bits per heavy atom. The number of unbranched alkanes of at least 4 members (excludes halogenated alkanes) is 1. The Morgan fingerprint density at radius 1 is 1.25 bits per heavy atom. The molecule has 1 aromatic rings. The van der Waals surface area contributed by atoms with Crippen LogP contribution in [0, 0.1) is 0 Å². The van der Waals surface area contributed by atoms with Gasteiger partial charge in [-0.25, -0.2) is 8.42 Å². The topological polar surface area (TPSA) is 63.2 Å². The van der Waals surface area contributed by atoms with Crippen molar-refractivity contribution < 1.29 is 13.2 Å². The van der Waals surface area contributed by atoms with Gasteiger partial charge in [0.05, 0.1) is 10.6 Å². The highest BCUT2D eigenvalue weighted by molar-refractivity contribution is 7.91. The summed E-state index contributed by atoms with van der Waals surface area (Å²) in [5, 5.41) is 2.45. The molecule has 0 aliphatic rings. The Labute approximate surface area is 95.6 Å². The maximum absolute atomic E-state index is 11.8. The molecule has 0 aliphatic heterocycles. The second-order valence-corrected chi connectivity index (χ2v) is 5.57. The summed E-state index contributed by atoms with van der Waals surface area (Å²) in [6.07, 6.45) is 2.07. The monoisotopic (exact) mass is 241 g/mol. The molecule has 4 nitrogen and oxygen atoms in total. The van der Waals surface area contributed by atoms with E-state index in [1.165, 1.54) is 12.1 Å². The molecular weight excluding hydrogens is 226 g/mol. The van der Waals surface area contributed by atoms with Crippen molar-refractivity contribution in [3.63, 3.8) is 0 Å². The van der Waals surface area contributed by atoms with Crippen molar-refractivity contribution in [3.8, 4) is 0 Å². The van der Waals surface area contributed by atoms with E-state index in [4.69, 9.17) is 0 Å². The Morgan fingerprint density at radius 3 is 2.38 bits per heavy atom. The molecule has 0 radical (unpaired) electrons. The van der Waals surface area contributed by atoms with Crippen LogP contribution in [0.2, 0.25) is 0 Å². The molecule has 16 heavy (non-hydrogen) atoms. The van der Waals surface area contributed by atoms with E-state index in [-0.39, 0.29) is 5.75 Å². The zero-order valence-electron chi connectivity index (χ0n) is 9.14. The fourth-order valence-electron chi connectivity index (χ4n) is 1.28. The lowest BCUT2D eigenvalue weighted by molar-refractivity contribution is -0.105. The van der Waals surface area contributed by atoms with Gasteiger partial charge in [-0.3, -0.25) is 4.79 Å². The van der Waals surface area contributed by atoms with E-state index < -0.39 is 9.84 Å². The van der Waals surface area contributed by atoms with Gasteiger partial charge in [0.1, 0.15) is 0 Å². The first-order valence-electron chi connectivity index (χ1n) is 5.13. The first-order chi connectivity index (χ1) is 7.60. The minimum atomic E-state index is -3.17. The molecule has 0 atom stereocenters. The Hall–Kier alpha value is -1.36. The van der Waals surface area contributed by atoms with E-state index in [1.54, 1.807) is 12.1 Å². The summed E-state index contributed by atoms with van der Waals surface area (Å²) in [7, 11) is -3.17. The molecule has 0 saturated carbocycles. The van der Waals surface area contributed by atoms with Crippen LogP contribution < -0.4 is 5.32 Å². The lowest BCUT2D eigenvalue weighted by Gasteiger charge is -2.04. The van der Waals surface area contributed by atoms with Crippen molar-refractivity contribution in [3.05, 3.63) is 24.3 Å². The molecule has 5 heteroatoms. The van der Waals surface area contributed by atoms with Crippen LogP contribution in [-0.4, -0.2) is 20.6 Å². The van der Waals surface area contributed by atoms with Crippen LogP contribution in [0.3, 0.4) is 0 Å². The van der Waals surface area contributed by atoms with E-state index in [2.05, 4.69) is 5.32 Å². The predicted octanol–water partition coefficient (Wildman–Crippen LogP) is 1.83. The average Bonchev–Trinajstić information content (AvgIpc) is 2.28. The van der Waals surface area contributed by atoms with Gasteiger partial charge in [0.2, 0.25) is 6.41 Å². The highest BCUT2D eigenvalue weighted by atomic mass is 32.2. The summed E-state index contributed by atoms with van der Waals surface area (Å²) in [5.41, 5.74) is 0.587. The summed E-state index contributed by atoms with van der Waals surface area (Å²) in [6.45, 7) is 1.95. The Balaban J connectivity index is 2.84. The largest absolute Gasteiger partial charge is 0.329 e. The molecule has 0 heterocycles. The molecule has 0 fully saturated rings. The van der Waals surface area contributed by atoms with Crippen molar-refractivity contribution >= 4 is 21.9 Å². The van der Waals surface area contributed by atoms with Crippen molar-refractivity contribution in [2.24, 2.45) is 0 Å². The molecule has 0 aliphatic carbocycles. The van der Waals surface area contributed by atoms with Gasteiger partial charge in [-0.2, -0.15) is 0 Å². The number of carbonyl (C=O) groups excluding carboxylic acids is 1. The summed E-state index contributed by atoms with van der Waals surface area (Å²) in [6, 6.07) is 6.17. The SMILES string of the molecule is CCCCS(=O)(=O)c1ccc(NC=O)cc1. The third-order valence-corrected chi connectivity index (χ3v) is 4.02. The van der Waals surface area contributed by atoms with Gasteiger partial charge in [0, 0.05) is 5.69 Å². The van der Waals surface area contributed by atoms with Gasteiger partial charge in [-0.05, 0) is 30.7 Å². The summed E-state index contributed by atoms with van der Waals surface area (Å²) in [5.74, 6) is 0.171. The van der Waals surface area contributed by atoms with Crippen LogP contribution in [0.4, 0.5) is 5.69 Å². The Kier molecular flexibility index (Phi) is 4.49. The lowest BCUT2D eigenvalue weighted by atomic mass is 10.3. The van der Waals surface area contributed by atoms with Crippen molar-refractivity contribution in [2.45, 2.75) is 24.7 Å². The quantitative estimate of drug-likeness (QED) is 0.773. The first kappa shape index (κ1) is 12.7. The number of rotatable bonds is 6.